The molecule has 4 aromatic rings. The molecule has 1 saturated heterocycles. The number of amides is 1. The van der Waals surface area contributed by atoms with Crippen LogP contribution in [-0.2, 0) is 4.74 Å². The van der Waals surface area contributed by atoms with Crippen molar-refractivity contribution in [1.29, 1.82) is 0 Å². The number of fused-ring (bicyclic) bond motifs is 1. The van der Waals surface area contributed by atoms with Crippen LogP contribution < -0.4 is 10.2 Å². The van der Waals surface area contributed by atoms with Gasteiger partial charge in [-0.05, 0) is 47.9 Å². The number of oxazole rings is 1. The van der Waals surface area contributed by atoms with Crippen LogP contribution in [-0.4, -0.2) is 42.1 Å². The minimum absolute atomic E-state index is 0.172. The highest BCUT2D eigenvalue weighted by atomic mass is 35.5. The molecule has 0 saturated carbocycles. The first-order valence-electron chi connectivity index (χ1n) is 11.9. The smallest absolute Gasteiger partial charge is 0.270 e. The van der Waals surface area contributed by atoms with Crippen LogP contribution >= 0.6 is 11.6 Å². The Morgan fingerprint density at radius 3 is 2.62 bits per heavy atom. The number of non-ortho nitro benzene ring substituents is 1. The number of nitro groups is 1. The summed E-state index contributed by atoms with van der Waals surface area (Å²) in [6, 6.07) is 15.3. The van der Waals surface area contributed by atoms with Crippen molar-refractivity contribution < 1.29 is 18.9 Å². The number of aromatic nitrogens is 1. The largest absolute Gasteiger partial charge is 0.436 e. The number of rotatable bonds is 6. The van der Waals surface area contributed by atoms with Gasteiger partial charge in [0.05, 0.1) is 40.1 Å². The molecule has 37 heavy (non-hydrogen) atoms. The van der Waals surface area contributed by atoms with Crippen molar-refractivity contribution in [1.82, 2.24) is 4.98 Å². The molecule has 0 aliphatic carbocycles. The van der Waals surface area contributed by atoms with E-state index in [1.165, 1.54) is 12.1 Å². The van der Waals surface area contributed by atoms with E-state index in [4.69, 9.17) is 20.8 Å². The van der Waals surface area contributed by atoms with Crippen LogP contribution in [0.15, 0.2) is 59.0 Å². The van der Waals surface area contributed by atoms with Gasteiger partial charge in [-0.1, -0.05) is 31.5 Å². The highest BCUT2D eigenvalue weighted by Crippen LogP contribution is 2.33. The number of nitrogens with zero attached hydrogens (tertiary/aromatic N) is 3. The minimum atomic E-state index is -0.522. The molecule has 0 bridgehead atoms. The average molecular weight is 521 g/mol. The summed E-state index contributed by atoms with van der Waals surface area (Å²) in [7, 11) is 0. The zero-order chi connectivity index (χ0) is 26.1. The summed E-state index contributed by atoms with van der Waals surface area (Å²) in [5, 5.41) is 14.5. The fraction of sp³-hybridized carbons (Fsp3) is 0.259. The molecule has 1 aromatic heterocycles. The van der Waals surface area contributed by atoms with E-state index >= 15 is 0 Å². The summed E-state index contributed by atoms with van der Waals surface area (Å²) >= 11 is 6.42. The van der Waals surface area contributed by atoms with E-state index in [0.29, 0.717) is 65.7 Å². The van der Waals surface area contributed by atoms with Gasteiger partial charge in [0, 0.05) is 30.8 Å². The first-order valence-corrected chi connectivity index (χ1v) is 12.3. The maximum Gasteiger partial charge on any atom is 0.270 e. The van der Waals surface area contributed by atoms with Crippen LogP contribution in [0, 0.1) is 10.1 Å². The fourth-order valence-electron chi connectivity index (χ4n) is 4.27. The molecule has 5 rings (SSSR count). The monoisotopic (exact) mass is 520 g/mol. The van der Waals surface area contributed by atoms with Crippen LogP contribution in [0.5, 0.6) is 0 Å². The summed E-state index contributed by atoms with van der Waals surface area (Å²) in [6.07, 6.45) is 0. The Balaban J connectivity index is 1.47. The zero-order valence-corrected chi connectivity index (χ0v) is 21.1. The Morgan fingerprint density at radius 1 is 1.11 bits per heavy atom. The summed E-state index contributed by atoms with van der Waals surface area (Å²) < 4.78 is 11.4. The highest BCUT2D eigenvalue weighted by Gasteiger charge is 2.23. The molecule has 0 atom stereocenters. The summed E-state index contributed by atoms with van der Waals surface area (Å²) in [5.41, 5.74) is 4.14. The summed E-state index contributed by atoms with van der Waals surface area (Å²) in [4.78, 5) is 30.9. The van der Waals surface area contributed by atoms with Crippen LogP contribution in [0.3, 0.4) is 0 Å². The Bertz CT molecular complexity index is 1490. The molecular weight excluding hydrogens is 496 g/mol. The number of carbonyl (C=O) groups is 1. The lowest BCUT2D eigenvalue weighted by Crippen LogP contribution is -2.37. The molecule has 1 N–H and O–H groups in total. The predicted octanol–water partition coefficient (Wildman–Crippen LogP) is 6.27. The Morgan fingerprint density at radius 2 is 1.89 bits per heavy atom. The molecule has 9 nitrogen and oxygen atoms in total. The Labute approximate surface area is 218 Å². The Hall–Kier alpha value is -3.95. The maximum atomic E-state index is 13.4. The molecule has 1 aliphatic rings. The number of hydrogen-bond acceptors (Lipinski definition) is 7. The van der Waals surface area contributed by atoms with Gasteiger partial charge in [-0.25, -0.2) is 4.98 Å². The van der Waals surface area contributed by atoms with Crippen molar-refractivity contribution in [3.63, 3.8) is 0 Å². The second-order valence-electron chi connectivity index (χ2n) is 9.11. The van der Waals surface area contributed by atoms with E-state index in [1.54, 1.807) is 24.3 Å². The fourth-order valence-corrected chi connectivity index (χ4v) is 4.44. The first kappa shape index (κ1) is 24.7. The molecule has 10 heteroatoms. The molecule has 2 heterocycles. The van der Waals surface area contributed by atoms with Crippen LogP contribution in [0.2, 0.25) is 5.02 Å². The number of benzene rings is 3. The number of morpholine rings is 1. The molecule has 190 valence electrons. The molecule has 3 aromatic carbocycles. The first-order chi connectivity index (χ1) is 17.8. The number of halogens is 1. The van der Waals surface area contributed by atoms with Gasteiger partial charge in [0.15, 0.2) is 5.58 Å². The molecular formula is C27H25ClN4O5. The van der Waals surface area contributed by atoms with Gasteiger partial charge in [-0.3, -0.25) is 14.9 Å². The Kier molecular flexibility index (Phi) is 6.82. The van der Waals surface area contributed by atoms with Crippen LogP contribution in [0.1, 0.15) is 35.7 Å². The number of carbonyl (C=O) groups excluding carboxylic acids is 1. The lowest BCUT2D eigenvalue weighted by molar-refractivity contribution is -0.384. The van der Waals surface area contributed by atoms with Gasteiger partial charge in [-0.2, -0.15) is 0 Å². The van der Waals surface area contributed by atoms with E-state index in [0.717, 1.165) is 11.1 Å². The number of ether oxygens (including phenoxy) is 1. The third-order valence-corrected chi connectivity index (χ3v) is 6.66. The van der Waals surface area contributed by atoms with Crippen LogP contribution in [0.4, 0.5) is 17.1 Å². The van der Waals surface area contributed by atoms with Crippen molar-refractivity contribution >= 4 is 45.7 Å². The van der Waals surface area contributed by atoms with E-state index in [1.807, 2.05) is 23.1 Å². The van der Waals surface area contributed by atoms with Crippen LogP contribution in [0.25, 0.3) is 22.6 Å². The van der Waals surface area contributed by atoms with Gasteiger partial charge in [0.2, 0.25) is 5.89 Å². The van der Waals surface area contributed by atoms with Crippen molar-refractivity contribution in [3.8, 4) is 11.5 Å². The number of hydrogen-bond donors (Lipinski definition) is 1. The third kappa shape index (κ3) is 5.14. The van der Waals surface area contributed by atoms with Gasteiger partial charge < -0.3 is 19.4 Å². The highest BCUT2D eigenvalue weighted by molar-refractivity contribution is 6.34. The lowest BCUT2D eigenvalue weighted by Gasteiger charge is -2.30. The SMILES string of the molecule is CC(C)c1ccc2oc(-c3ccc(Cl)c(NC(=O)c4cc([N+](=O)[O-])ccc4N4CCOCC4)c3)nc2c1. The van der Waals surface area contributed by atoms with E-state index in [2.05, 4.69) is 24.1 Å². The second kappa shape index (κ2) is 10.2. The average Bonchev–Trinajstić information content (AvgIpc) is 3.33. The van der Waals surface area contributed by atoms with Gasteiger partial charge in [0.1, 0.15) is 5.52 Å². The number of nitro benzene ring substituents is 1. The molecule has 1 aliphatic heterocycles. The normalized spacial score (nSPS) is 13.8. The lowest BCUT2D eigenvalue weighted by atomic mass is 10.0. The minimum Gasteiger partial charge on any atom is -0.436 e. The van der Waals surface area contributed by atoms with E-state index in [9.17, 15) is 14.9 Å². The predicted molar refractivity (Wildman–Crippen MR) is 143 cm³/mol. The topological polar surface area (TPSA) is 111 Å². The third-order valence-electron chi connectivity index (χ3n) is 6.33. The quantitative estimate of drug-likeness (QED) is 0.235. The van der Waals surface area contributed by atoms with E-state index < -0.39 is 10.8 Å². The molecule has 0 spiro atoms. The summed E-state index contributed by atoms with van der Waals surface area (Å²) in [6.45, 7) is 6.39. The zero-order valence-electron chi connectivity index (χ0n) is 20.4. The van der Waals surface area contributed by atoms with Crippen molar-refractivity contribution in [3.05, 3.63) is 80.9 Å². The van der Waals surface area contributed by atoms with Gasteiger partial charge in [-0.15, -0.1) is 0 Å². The molecule has 1 fully saturated rings. The van der Waals surface area contributed by atoms with E-state index in [-0.39, 0.29) is 11.3 Å². The number of anilines is 2. The maximum absolute atomic E-state index is 13.4. The molecule has 1 amide bonds. The molecule has 0 radical (unpaired) electrons. The standard InChI is InChI=1S/C27H25ClN4O5/c1-16(2)17-4-8-25-23(13-17)30-27(37-25)18-3-6-21(28)22(14-18)29-26(33)20-15-19(32(34)35)5-7-24(20)31-9-11-36-12-10-31/h3-8,13-16H,9-12H2,1-2H3,(H,29,33). The van der Waals surface area contributed by atoms with Crippen molar-refractivity contribution in [2.24, 2.45) is 0 Å². The second-order valence-corrected chi connectivity index (χ2v) is 9.51. The summed E-state index contributed by atoms with van der Waals surface area (Å²) in [5.74, 6) is 0.244. The molecule has 0 unspecified atom stereocenters. The van der Waals surface area contributed by atoms with Crippen molar-refractivity contribution in [2.45, 2.75) is 19.8 Å². The van der Waals surface area contributed by atoms with Crippen molar-refractivity contribution in [2.75, 3.05) is 36.5 Å². The van der Waals surface area contributed by atoms with Gasteiger partial charge in [0.25, 0.3) is 11.6 Å². The van der Waals surface area contributed by atoms with Gasteiger partial charge >= 0.3 is 0 Å². The number of nitrogens with one attached hydrogen (secondary N) is 1.